The fourth-order valence-electron chi connectivity index (χ4n) is 4.04. The summed E-state index contributed by atoms with van der Waals surface area (Å²) in [5.74, 6) is 1.07. The van der Waals surface area contributed by atoms with Crippen molar-refractivity contribution in [2.45, 2.75) is 25.3 Å². The van der Waals surface area contributed by atoms with Crippen LogP contribution in [0.5, 0.6) is 5.88 Å². The highest BCUT2D eigenvalue weighted by Crippen LogP contribution is 2.32. The minimum atomic E-state index is -0.286. The number of nitrogens with zero attached hydrogens (tertiary/aromatic N) is 4. The molecule has 0 spiro atoms. The molecule has 0 saturated carbocycles. The smallest absolute Gasteiger partial charge is 0.261 e. The Bertz CT molecular complexity index is 1250. The van der Waals surface area contributed by atoms with Crippen LogP contribution in [0.1, 0.15) is 36.1 Å². The number of fused-ring (bicyclic) bond motifs is 1. The molecule has 1 amide bonds. The lowest BCUT2D eigenvalue weighted by atomic mass is 10.1. The summed E-state index contributed by atoms with van der Waals surface area (Å²) >= 11 is 0. The Morgan fingerprint density at radius 2 is 2.06 bits per heavy atom. The minimum Gasteiger partial charge on any atom is -0.467 e. The standard InChI is InChI=1S/C24H21FN4O3/c25-17-6-3-5-16(11-17)12-18-13-26-24(32-18)21-9-4-10-29(21)22(30)14-31-23-19-7-1-2-8-20(19)27-15-28-23/h1-3,5-8,11,13,15,21H,4,9-10,12,14H2/t21-/m0/s1. The SMILES string of the molecule is O=C(COc1ncnc2ccccc12)N1CCC[C@H]1c1ncc(Cc2cccc(F)c2)o1. The van der Waals surface area contributed by atoms with E-state index in [9.17, 15) is 9.18 Å². The van der Waals surface area contributed by atoms with E-state index in [4.69, 9.17) is 9.15 Å². The fourth-order valence-corrected chi connectivity index (χ4v) is 4.04. The van der Waals surface area contributed by atoms with Crippen LogP contribution < -0.4 is 4.74 Å². The van der Waals surface area contributed by atoms with E-state index in [0.717, 1.165) is 29.3 Å². The van der Waals surface area contributed by atoms with Crippen molar-refractivity contribution in [3.05, 3.63) is 84.1 Å². The van der Waals surface area contributed by atoms with Crippen molar-refractivity contribution in [1.82, 2.24) is 19.9 Å². The van der Waals surface area contributed by atoms with Crippen molar-refractivity contribution in [3.8, 4) is 5.88 Å². The summed E-state index contributed by atoms with van der Waals surface area (Å²) in [6, 6.07) is 13.6. The lowest BCUT2D eigenvalue weighted by molar-refractivity contribution is -0.134. The van der Waals surface area contributed by atoms with Crippen molar-refractivity contribution in [2.24, 2.45) is 0 Å². The van der Waals surface area contributed by atoms with Gasteiger partial charge in [0.2, 0.25) is 11.8 Å². The van der Waals surface area contributed by atoms with Gasteiger partial charge in [0, 0.05) is 13.0 Å². The van der Waals surface area contributed by atoms with Crippen LogP contribution >= 0.6 is 0 Å². The molecule has 32 heavy (non-hydrogen) atoms. The number of halogens is 1. The van der Waals surface area contributed by atoms with E-state index in [-0.39, 0.29) is 24.4 Å². The van der Waals surface area contributed by atoms with Gasteiger partial charge in [-0.3, -0.25) is 4.79 Å². The molecule has 8 heteroatoms. The third-order valence-electron chi connectivity index (χ3n) is 5.54. The number of amides is 1. The highest BCUT2D eigenvalue weighted by molar-refractivity contribution is 5.84. The predicted molar refractivity (Wildman–Crippen MR) is 114 cm³/mol. The molecule has 2 aromatic heterocycles. The normalized spacial score (nSPS) is 15.9. The quantitative estimate of drug-likeness (QED) is 0.457. The van der Waals surface area contributed by atoms with Crippen LogP contribution in [0, 0.1) is 5.82 Å². The topological polar surface area (TPSA) is 81.4 Å². The number of carbonyl (C=O) groups is 1. The third kappa shape index (κ3) is 4.16. The van der Waals surface area contributed by atoms with Gasteiger partial charge in [0.05, 0.1) is 17.1 Å². The first-order chi connectivity index (χ1) is 15.7. The number of oxazole rings is 1. The van der Waals surface area contributed by atoms with Crippen LogP contribution in [0.2, 0.25) is 0 Å². The molecular weight excluding hydrogens is 411 g/mol. The van der Waals surface area contributed by atoms with Gasteiger partial charge in [-0.05, 0) is 42.7 Å². The van der Waals surface area contributed by atoms with E-state index < -0.39 is 0 Å². The summed E-state index contributed by atoms with van der Waals surface area (Å²) in [5.41, 5.74) is 1.56. The summed E-state index contributed by atoms with van der Waals surface area (Å²) in [5, 5.41) is 0.760. The van der Waals surface area contributed by atoms with Gasteiger partial charge < -0.3 is 14.1 Å². The number of benzene rings is 2. The second-order valence-electron chi connectivity index (χ2n) is 7.70. The summed E-state index contributed by atoms with van der Waals surface area (Å²) in [4.78, 5) is 27.4. The van der Waals surface area contributed by atoms with Gasteiger partial charge in [-0.1, -0.05) is 24.3 Å². The first kappa shape index (κ1) is 20.1. The maximum absolute atomic E-state index is 13.4. The van der Waals surface area contributed by atoms with Crippen molar-refractivity contribution in [3.63, 3.8) is 0 Å². The molecule has 162 valence electrons. The minimum absolute atomic E-state index is 0.131. The molecule has 3 heterocycles. The molecule has 2 aromatic carbocycles. The molecule has 1 aliphatic rings. The molecule has 5 rings (SSSR count). The highest BCUT2D eigenvalue weighted by atomic mass is 19.1. The van der Waals surface area contributed by atoms with Crippen LogP contribution in [-0.2, 0) is 11.2 Å². The van der Waals surface area contributed by atoms with Crippen LogP contribution in [-0.4, -0.2) is 38.9 Å². The van der Waals surface area contributed by atoms with Gasteiger partial charge in [0.1, 0.15) is 23.9 Å². The van der Waals surface area contributed by atoms with Crippen molar-refractivity contribution < 1.29 is 18.3 Å². The first-order valence-corrected chi connectivity index (χ1v) is 10.5. The summed E-state index contributed by atoms with van der Waals surface area (Å²) < 4.78 is 25.1. The van der Waals surface area contributed by atoms with E-state index in [2.05, 4.69) is 15.0 Å². The summed E-state index contributed by atoms with van der Waals surface area (Å²) in [7, 11) is 0. The molecule has 0 unspecified atom stereocenters. The van der Waals surface area contributed by atoms with Crippen molar-refractivity contribution in [1.29, 1.82) is 0 Å². The van der Waals surface area contributed by atoms with Gasteiger partial charge in [0.25, 0.3) is 5.91 Å². The Morgan fingerprint density at radius 1 is 1.16 bits per heavy atom. The second-order valence-corrected chi connectivity index (χ2v) is 7.70. The third-order valence-corrected chi connectivity index (χ3v) is 5.54. The number of ether oxygens (including phenoxy) is 1. The summed E-state index contributed by atoms with van der Waals surface area (Å²) in [6.45, 7) is 0.480. The average molecular weight is 432 g/mol. The lowest BCUT2D eigenvalue weighted by Gasteiger charge is -2.22. The molecule has 1 aliphatic heterocycles. The number of hydrogen-bond donors (Lipinski definition) is 0. The van der Waals surface area contributed by atoms with Gasteiger partial charge in [-0.2, -0.15) is 0 Å². The molecule has 0 N–H and O–H groups in total. The molecule has 0 aliphatic carbocycles. The maximum Gasteiger partial charge on any atom is 0.261 e. The Labute approximate surface area is 183 Å². The van der Waals surface area contributed by atoms with Crippen molar-refractivity contribution in [2.75, 3.05) is 13.2 Å². The number of carbonyl (C=O) groups excluding carboxylic acids is 1. The maximum atomic E-state index is 13.4. The molecular formula is C24H21FN4O3. The van der Waals surface area contributed by atoms with E-state index in [1.807, 2.05) is 30.3 Å². The van der Waals surface area contributed by atoms with Gasteiger partial charge in [-0.25, -0.2) is 19.3 Å². The van der Waals surface area contributed by atoms with Gasteiger partial charge in [0.15, 0.2) is 6.61 Å². The van der Waals surface area contributed by atoms with Crippen LogP contribution in [0.3, 0.4) is 0 Å². The van der Waals surface area contributed by atoms with E-state index in [1.54, 1.807) is 17.2 Å². The van der Waals surface area contributed by atoms with Crippen LogP contribution in [0.4, 0.5) is 4.39 Å². The Morgan fingerprint density at radius 3 is 2.97 bits per heavy atom. The number of likely N-dealkylation sites (tertiary alicyclic amines) is 1. The molecule has 1 atom stereocenters. The van der Waals surface area contributed by atoms with Gasteiger partial charge >= 0.3 is 0 Å². The zero-order valence-corrected chi connectivity index (χ0v) is 17.3. The van der Waals surface area contributed by atoms with Gasteiger partial charge in [-0.15, -0.1) is 0 Å². The second kappa shape index (κ2) is 8.74. The van der Waals surface area contributed by atoms with Crippen LogP contribution in [0.15, 0.2) is 65.5 Å². The molecule has 0 radical (unpaired) electrons. The molecule has 0 bridgehead atoms. The van der Waals surface area contributed by atoms with E-state index in [0.29, 0.717) is 30.5 Å². The number of rotatable bonds is 6. The van der Waals surface area contributed by atoms with Crippen molar-refractivity contribution >= 4 is 16.8 Å². The highest BCUT2D eigenvalue weighted by Gasteiger charge is 2.33. The molecule has 1 saturated heterocycles. The molecule has 4 aromatic rings. The monoisotopic (exact) mass is 432 g/mol. The Kier molecular flexibility index (Phi) is 5.49. The van der Waals surface area contributed by atoms with E-state index >= 15 is 0 Å². The zero-order valence-electron chi connectivity index (χ0n) is 17.3. The predicted octanol–water partition coefficient (Wildman–Crippen LogP) is 4.09. The molecule has 7 nitrogen and oxygen atoms in total. The number of aromatic nitrogens is 3. The zero-order chi connectivity index (χ0) is 21.9. The lowest BCUT2D eigenvalue weighted by Crippen LogP contribution is -2.34. The molecule has 1 fully saturated rings. The van der Waals surface area contributed by atoms with E-state index in [1.165, 1.54) is 18.5 Å². The largest absolute Gasteiger partial charge is 0.467 e. The average Bonchev–Trinajstić information content (AvgIpc) is 3.47. The summed E-state index contributed by atoms with van der Waals surface area (Å²) in [6.07, 6.45) is 5.13. The Balaban J connectivity index is 1.26. The number of para-hydroxylation sites is 1. The van der Waals surface area contributed by atoms with Crippen LogP contribution in [0.25, 0.3) is 10.9 Å². The first-order valence-electron chi connectivity index (χ1n) is 10.5. The fraction of sp³-hybridized carbons (Fsp3) is 0.250. The Hall–Kier alpha value is -3.81. The number of hydrogen-bond acceptors (Lipinski definition) is 6.